The van der Waals surface area contributed by atoms with Crippen LogP contribution in [-0.4, -0.2) is 25.2 Å². The summed E-state index contributed by atoms with van der Waals surface area (Å²) >= 11 is 10.9. The van der Waals surface area contributed by atoms with E-state index in [9.17, 15) is 0 Å². The first kappa shape index (κ1) is 13.2. The third kappa shape index (κ3) is 3.96. The summed E-state index contributed by atoms with van der Waals surface area (Å²) in [5.74, 6) is 0. The minimum atomic E-state index is 0.354. The van der Waals surface area contributed by atoms with Crippen molar-refractivity contribution in [1.82, 2.24) is 0 Å². The largest absolute Gasteiger partial charge is 0.389 e. The number of ether oxygens (including phenoxy) is 1. The van der Waals surface area contributed by atoms with E-state index in [0.29, 0.717) is 10.0 Å². The molecule has 3 nitrogen and oxygen atoms in total. The quantitative estimate of drug-likeness (QED) is 0.608. The molecular weight excluding hydrogens is 244 g/mol. The van der Waals surface area contributed by atoms with Crippen molar-refractivity contribution in [3.8, 4) is 0 Å². The molecule has 0 aromatic heterocycles. The second-order valence-corrected chi connectivity index (χ2v) is 4.18. The van der Waals surface area contributed by atoms with Crippen molar-refractivity contribution in [3.05, 3.63) is 28.8 Å². The molecule has 0 unspecified atom stereocenters. The van der Waals surface area contributed by atoms with Gasteiger partial charge in [-0.25, -0.2) is 0 Å². The molecular formula is C11H15ClN2OS. The molecule has 5 heteroatoms. The second kappa shape index (κ2) is 6.68. The predicted molar refractivity (Wildman–Crippen MR) is 72.3 cm³/mol. The Balaban J connectivity index is 2.57. The molecule has 16 heavy (non-hydrogen) atoms. The van der Waals surface area contributed by atoms with Gasteiger partial charge in [-0.1, -0.05) is 23.8 Å². The van der Waals surface area contributed by atoms with Gasteiger partial charge in [-0.05, 0) is 24.6 Å². The molecule has 1 aromatic rings. The molecule has 0 aliphatic heterocycles. The zero-order chi connectivity index (χ0) is 12.0. The van der Waals surface area contributed by atoms with E-state index in [0.717, 1.165) is 30.8 Å². The van der Waals surface area contributed by atoms with Crippen LogP contribution in [0.2, 0.25) is 5.02 Å². The zero-order valence-electron chi connectivity index (χ0n) is 9.13. The van der Waals surface area contributed by atoms with Crippen LogP contribution >= 0.6 is 23.8 Å². The number of nitrogens with two attached hydrogens (primary N) is 1. The van der Waals surface area contributed by atoms with Gasteiger partial charge in [0.2, 0.25) is 0 Å². The van der Waals surface area contributed by atoms with Crippen LogP contribution in [0.15, 0.2) is 18.2 Å². The molecule has 1 aromatic carbocycles. The Labute approximate surface area is 106 Å². The molecule has 3 N–H and O–H groups in total. The summed E-state index contributed by atoms with van der Waals surface area (Å²) in [6, 6.07) is 5.50. The van der Waals surface area contributed by atoms with E-state index in [2.05, 4.69) is 5.32 Å². The van der Waals surface area contributed by atoms with Gasteiger partial charge >= 0.3 is 0 Å². The van der Waals surface area contributed by atoms with Crippen molar-refractivity contribution >= 4 is 34.5 Å². The second-order valence-electron chi connectivity index (χ2n) is 3.33. The SMILES string of the molecule is COCCCNc1ccc(C(N)=S)cc1Cl. The van der Waals surface area contributed by atoms with Crippen LogP contribution < -0.4 is 11.1 Å². The first-order valence-corrected chi connectivity index (χ1v) is 5.76. The standard InChI is InChI=1S/C11H15ClN2OS/c1-15-6-2-5-14-10-4-3-8(11(13)16)7-9(10)12/h3-4,7,14H,2,5-6H2,1H3,(H2,13,16). The molecule has 0 aliphatic rings. The number of rotatable bonds is 6. The van der Waals surface area contributed by atoms with E-state index in [4.69, 9.17) is 34.3 Å². The summed E-state index contributed by atoms with van der Waals surface area (Å²) in [4.78, 5) is 0.354. The molecule has 0 atom stereocenters. The van der Waals surface area contributed by atoms with Gasteiger partial charge in [0.05, 0.1) is 10.7 Å². The van der Waals surface area contributed by atoms with E-state index >= 15 is 0 Å². The Bertz CT molecular complexity index is 371. The summed E-state index contributed by atoms with van der Waals surface area (Å²) < 4.78 is 4.95. The van der Waals surface area contributed by atoms with Crippen molar-refractivity contribution < 1.29 is 4.74 Å². The Morgan fingerprint density at radius 2 is 2.31 bits per heavy atom. The van der Waals surface area contributed by atoms with E-state index in [1.165, 1.54) is 0 Å². The molecule has 0 radical (unpaired) electrons. The zero-order valence-corrected chi connectivity index (χ0v) is 10.7. The van der Waals surface area contributed by atoms with Crippen molar-refractivity contribution in [2.75, 3.05) is 25.6 Å². The number of thiocarbonyl (C=S) groups is 1. The molecule has 88 valence electrons. The highest BCUT2D eigenvalue weighted by molar-refractivity contribution is 7.80. The lowest BCUT2D eigenvalue weighted by Crippen LogP contribution is -2.10. The number of methoxy groups -OCH3 is 1. The Kier molecular flexibility index (Phi) is 5.52. The van der Waals surface area contributed by atoms with Gasteiger partial charge in [0.1, 0.15) is 4.99 Å². The van der Waals surface area contributed by atoms with Gasteiger partial charge in [0.15, 0.2) is 0 Å². The van der Waals surface area contributed by atoms with Crippen molar-refractivity contribution in [3.63, 3.8) is 0 Å². The maximum absolute atomic E-state index is 6.08. The Hall–Kier alpha value is -0.840. The van der Waals surface area contributed by atoms with Crippen LogP contribution in [0.25, 0.3) is 0 Å². The highest BCUT2D eigenvalue weighted by Crippen LogP contribution is 2.22. The number of benzene rings is 1. The van der Waals surface area contributed by atoms with Gasteiger partial charge in [-0.2, -0.15) is 0 Å². The molecule has 0 fully saturated rings. The minimum Gasteiger partial charge on any atom is -0.389 e. The van der Waals surface area contributed by atoms with Crippen molar-refractivity contribution in [1.29, 1.82) is 0 Å². The number of anilines is 1. The normalized spacial score (nSPS) is 10.1. The number of hydrogen-bond acceptors (Lipinski definition) is 3. The van der Waals surface area contributed by atoms with Crippen LogP contribution in [0, 0.1) is 0 Å². The van der Waals surface area contributed by atoms with E-state index in [1.54, 1.807) is 13.2 Å². The summed E-state index contributed by atoms with van der Waals surface area (Å²) in [7, 11) is 1.68. The van der Waals surface area contributed by atoms with Gasteiger partial charge in [0, 0.05) is 25.8 Å². The fourth-order valence-corrected chi connectivity index (χ4v) is 1.63. The Morgan fingerprint density at radius 1 is 1.56 bits per heavy atom. The molecule has 0 aliphatic carbocycles. The summed E-state index contributed by atoms with van der Waals surface area (Å²) in [5, 5.41) is 3.85. The van der Waals surface area contributed by atoms with E-state index < -0.39 is 0 Å². The van der Waals surface area contributed by atoms with E-state index in [-0.39, 0.29) is 0 Å². The van der Waals surface area contributed by atoms with Crippen molar-refractivity contribution in [2.24, 2.45) is 5.73 Å². The lowest BCUT2D eigenvalue weighted by Gasteiger charge is -2.09. The highest BCUT2D eigenvalue weighted by Gasteiger charge is 2.02. The third-order valence-electron chi connectivity index (χ3n) is 2.09. The highest BCUT2D eigenvalue weighted by atomic mass is 35.5. The van der Waals surface area contributed by atoms with Gasteiger partial charge in [0.25, 0.3) is 0 Å². The van der Waals surface area contributed by atoms with Gasteiger partial charge < -0.3 is 15.8 Å². The van der Waals surface area contributed by atoms with Crippen LogP contribution in [0.1, 0.15) is 12.0 Å². The van der Waals surface area contributed by atoms with Gasteiger partial charge in [-0.3, -0.25) is 0 Å². The maximum Gasteiger partial charge on any atom is 0.104 e. The lowest BCUT2D eigenvalue weighted by molar-refractivity contribution is 0.198. The fourth-order valence-electron chi connectivity index (χ4n) is 1.25. The Morgan fingerprint density at radius 3 is 2.88 bits per heavy atom. The minimum absolute atomic E-state index is 0.354. The monoisotopic (exact) mass is 258 g/mol. The molecule has 0 saturated heterocycles. The van der Waals surface area contributed by atoms with Crippen LogP contribution in [0.5, 0.6) is 0 Å². The molecule has 0 spiro atoms. The third-order valence-corrected chi connectivity index (χ3v) is 2.64. The summed E-state index contributed by atoms with van der Waals surface area (Å²) in [5.41, 5.74) is 7.18. The molecule has 0 amide bonds. The van der Waals surface area contributed by atoms with Crippen molar-refractivity contribution in [2.45, 2.75) is 6.42 Å². The fraction of sp³-hybridized carbons (Fsp3) is 0.364. The smallest absolute Gasteiger partial charge is 0.104 e. The lowest BCUT2D eigenvalue weighted by atomic mass is 10.2. The summed E-state index contributed by atoms with van der Waals surface area (Å²) in [6.07, 6.45) is 0.934. The number of halogens is 1. The first-order chi connectivity index (χ1) is 7.65. The molecule has 0 heterocycles. The van der Waals surface area contributed by atoms with Crippen LogP contribution in [0.4, 0.5) is 5.69 Å². The molecule has 0 saturated carbocycles. The van der Waals surface area contributed by atoms with Crippen LogP contribution in [-0.2, 0) is 4.74 Å². The average Bonchev–Trinajstić information content (AvgIpc) is 2.26. The summed E-state index contributed by atoms with van der Waals surface area (Å²) in [6.45, 7) is 1.55. The predicted octanol–water partition coefficient (Wildman–Crippen LogP) is 2.42. The first-order valence-electron chi connectivity index (χ1n) is 4.97. The topological polar surface area (TPSA) is 47.3 Å². The number of nitrogens with one attached hydrogen (secondary N) is 1. The average molecular weight is 259 g/mol. The van der Waals surface area contributed by atoms with Crippen LogP contribution in [0.3, 0.4) is 0 Å². The maximum atomic E-state index is 6.08. The molecule has 0 bridgehead atoms. The van der Waals surface area contributed by atoms with E-state index in [1.807, 2.05) is 12.1 Å². The molecule has 1 rings (SSSR count). The number of hydrogen-bond donors (Lipinski definition) is 2. The van der Waals surface area contributed by atoms with Gasteiger partial charge in [-0.15, -0.1) is 0 Å².